The van der Waals surface area contributed by atoms with Crippen LogP contribution in [0, 0.1) is 5.92 Å². The van der Waals surface area contributed by atoms with Crippen LogP contribution in [-0.4, -0.2) is 51.6 Å². The molecule has 8 nitrogen and oxygen atoms in total. The lowest BCUT2D eigenvalue weighted by Crippen LogP contribution is -2.30. The number of carbonyl (C=O) groups is 3. The Morgan fingerprint density at radius 1 is 0.968 bits per heavy atom. The van der Waals surface area contributed by atoms with Crippen LogP contribution in [-0.2, 0) is 14.3 Å². The first-order valence-electron chi connectivity index (χ1n) is 9.79. The van der Waals surface area contributed by atoms with E-state index >= 15 is 0 Å². The summed E-state index contributed by atoms with van der Waals surface area (Å²) in [5.41, 5.74) is 0.958. The van der Waals surface area contributed by atoms with Gasteiger partial charge in [-0.25, -0.2) is 0 Å². The normalized spacial score (nSPS) is 16.6. The van der Waals surface area contributed by atoms with Crippen molar-refractivity contribution in [1.29, 1.82) is 0 Å². The van der Waals surface area contributed by atoms with Gasteiger partial charge < -0.3 is 23.8 Å². The lowest BCUT2D eigenvalue weighted by molar-refractivity contribution is -0.151. The number of benzene rings is 2. The zero-order valence-electron chi connectivity index (χ0n) is 17.9. The van der Waals surface area contributed by atoms with Gasteiger partial charge >= 0.3 is 5.97 Å². The largest absolute Gasteiger partial charge is 0.497 e. The van der Waals surface area contributed by atoms with Crippen LogP contribution < -0.4 is 19.1 Å². The van der Waals surface area contributed by atoms with Crippen LogP contribution in [0.2, 0.25) is 0 Å². The van der Waals surface area contributed by atoms with Gasteiger partial charge in [-0.15, -0.1) is 0 Å². The summed E-state index contributed by atoms with van der Waals surface area (Å²) in [6.45, 7) is 1.66. The van der Waals surface area contributed by atoms with E-state index in [2.05, 4.69) is 0 Å². The molecule has 1 fully saturated rings. The predicted octanol–water partition coefficient (Wildman–Crippen LogP) is 2.88. The van der Waals surface area contributed by atoms with E-state index in [9.17, 15) is 14.4 Å². The van der Waals surface area contributed by atoms with E-state index in [1.54, 1.807) is 42.5 Å². The number of hydrogen-bond donors (Lipinski definition) is 0. The van der Waals surface area contributed by atoms with E-state index in [0.29, 0.717) is 28.5 Å². The summed E-state index contributed by atoms with van der Waals surface area (Å²) in [6, 6.07) is 11.6. The summed E-state index contributed by atoms with van der Waals surface area (Å²) in [4.78, 5) is 39.3. The van der Waals surface area contributed by atoms with Crippen molar-refractivity contribution in [3.05, 3.63) is 48.0 Å². The minimum atomic E-state index is -0.972. The average molecular weight is 427 g/mol. The van der Waals surface area contributed by atoms with Crippen molar-refractivity contribution in [1.82, 2.24) is 0 Å². The number of rotatable bonds is 8. The Balaban J connectivity index is 1.66. The fraction of sp³-hybridized carbons (Fsp3) is 0.348. The molecule has 1 aliphatic heterocycles. The van der Waals surface area contributed by atoms with Crippen LogP contribution in [0.15, 0.2) is 42.5 Å². The van der Waals surface area contributed by atoms with E-state index in [4.69, 9.17) is 18.9 Å². The number of anilines is 1. The molecular weight excluding hydrogens is 402 g/mol. The Morgan fingerprint density at radius 3 is 2.23 bits per heavy atom. The number of ketones is 1. The van der Waals surface area contributed by atoms with E-state index in [0.717, 1.165) is 0 Å². The summed E-state index contributed by atoms with van der Waals surface area (Å²) in [5, 5.41) is 0. The molecule has 8 heteroatoms. The van der Waals surface area contributed by atoms with Crippen LogP contribution in [0.3, 0.4) is 0 Å². The van der Waals surface area contributed by atoms with Crippen LogP contribution in [0.1, 0.15) is 23.7 Å². The van der Waals surface area contributed by atoms with Crippen molar-refractivity contribution < 1.29 is 33.3 Å². The van der Waals surface area contributed by atoms with E-state index in [-0.39, 0.29) is 24.7 Å². The van der Waals surface area contributed by atoms with Crippen LogP contribution >= 0.6 is 0 Å². The first-order valence-corrected chi connectivity index (χ1v) is 9.79. The van der Waals surface area contributed by atoms with Crippen LogP contribution in [0.25, 0.3) is 0 Å². The van der Waals surface area contributed by atoms with Gasteiger partial charge in [-0.3, -0.25) is 14.4 Å². The minimum Gasteiger partial charge on any atom is -0.497 e. The molecule has 1 heterocycles. The summed E-state index contributed by atoms with van der Waals surface area (Å²) >= 11 is 0. The number of nitrogens with zero attached hydrogens (tertiary/aromatic N) is 1. The molecule has 1 saturated heterocycles. The number of esters is 1. The number of Topliss-reactive ketones (excluding diaryl/α,β-unsaturated/α-hetero) is 1. The molecule has 1 amide bonds. The third kappa shape index (κ3) is 4.79. The van der Waals surface area contributed by atoms with Gasteiger partial charge in [0.15, 0.2) is 6.10 Å². The highest BCUT2D eigenvalue weighted by atomic mass is 16.5. The summed E-state index contributed by atoms with van der Waals surface area (Å²) in [5.74, 6) is -0.129. The molecule has 2 aromatic carbocycles. The third-order valence-corrected chi connectivity index (χ3v) is 5.17. The Bertz CT molecular complexity index is 970. The smallest absolute Gasteiger partial charge is 0.312 e. The van der Waals surface area contributed by atoms with Crippen molar-refractivity contribution in [3.63, 3.8) is 0 Å². The number of amides is 1. The average Bonchev–Trinajstić information content (AvgIpc) is 3.19. The molecule has 0 unspecified atom stereocenters. The lowest BCUT2D eigenvalue weighted by Gasteiger charge is -2.20. The molecule has 2 aromatic rings. The third-order valence-electron chi connectivity index (χ3n) is 5.17. The second-order valence-electron chi connectivity index (χ2n) is 7.12. The molecule has 0 bridgehead atoms. The molecular formula is C23H25NO7. The number of hydrogen-bond acceptors (Lipinski definition) is 7. The standard InChI is InChI=1S/C23H25NO7/c1-14(22(26)15-5-7-17(28-2)8-6-15)31-23(27)16-11-21(25)24(13-16)19-10-9-18(29-3)12-20(19)30-4/h5-10,12,14,16H,11,13H2,1-4H3/t14-,16+/m1/s1. The number of ether oxygens (including phenoxy) is 4. The number of carbonyl (C=O) groups excluding carboxylic acids is 3. The molecule has 2 atom stereocenters. The Labute approximate surface area is 180 Å². The van der Waals surface area contributed by atoms with Crippen LogP contribution in [0.4, 0.5) is 5.69 Å². The fourth-order valence-electron chi connectivity index (χ4n) is 3.42. The summed E-state index contributed by atoms with van der Waals surface area (Å²) < 4.78 is 21.0. The van der Waals surface area contributed by atoms with Gasteiger partial charge in [-0.2, -0.15) is 0 Å². The zero-order chi connectivity index (χ0) is 22.5. The van der Waals surface area contributed by atoms with Crippen molar-refractivity contribution in [2.24, 2.45) is 5.92 Å². The van der Waals surface area contributed by atoms with Crippen molar-refractivity contribution >= 4 is 23.3 Å². The predicted molar refractivity (Wildman–Crippen MR) is 113 cm³/mol. The molecule has 0 spiro atoms. The second kappa shape index (κ2) is 9.51. The molecule has 0 radical (unpaired) electrons. The van der Waals surface area contributed by atoms with Crippen molar-refractivity contribution in [2.75, 3.05) is 32.8 Å². The Hall–Kier alpha value is -3.55. The molecule has 164 valence electrons. The van der Waals surface area contributed by atoms with Gasteiger partial charge in [0.25, 0.3) is 0 Å². The zero-order valence-corrected chi connectivity index (χ0v) is 17.9. The van der Waals surface area contributed by atoms with Crippen molar-refractivity contribution in [3.8, 4) is 17.2 Å². The van der Waals surface area contributed by atoms with E-state index < -0.39 is 18.0 Å². The molecule has 31 heavy (non-hydrogen) atoms. The maximum atomic E-state index is 12.6. The number of methoxy groups -OCH3 is 3. The van der Waals surface area contributed by atoms with Crippen LogP contribution in [0.5, 0.6) is 17.2 Å². The quantitative estimate of drug-likeness (QED) is 0.473. The lowest BCUT2D eigenvalue weighted by atomic mass is 10.1. The molecule has 0 aliphatic carbocycles. The highest BCUT2D eigenvalue weighted by Gasteiger charge is 2.38. The Kier molecular flexibility index (Phi) is 6.79. The van der Waals surface area contributed by atoms with E-state index in [1.165, 1.54) is 33.2 Å². The maximum Gasteiger partial charge on any atom is 0.312 e. The molecule has 0 N–H and O–H groups in total. The molecule has 0 aromatic heterocycles. The molecule has 1 aliphatic rings. The molecule has 0 saturated carbocycles. The SMILES string of the molecule is COc1ccc(C(=O)[C@@H](C)OC(=O)[C@H]2CC(=O)N(c3ccc(OC)cc3OC)C2)cc1. The summed E-state index contributed by atoms with van der Waals surface area (Å²) in [6.07, 6.45) is -0.974. The van der Waals surface area contributed by atoms with E-state index in [1.807, 2.05) is 0 Å². The van der Waals surface area contributed by atoms with Crippen molar-refractivity contribution in [2.45, 2.75) is 19.4 Å². The van der Waals surface area contributed by atoms with Gasteiger partial charge in [-0.05, 0) is 43.3 Å². The maximum absolute atomic E-state index is 12.6. The highest BCUT2D eigenvalue weighted by molar-refractivity contribution is 6.02. The summed E-state index contributed by atoms with van der Waals surface area (Å²) in [7, 11) is 4.57. The molecule has 3 rings (SSSR count). The van der Waals surface area contributed by atoms with Gasteiger partial charge in [-0.1, -0.05) is 0 Å². The van der Waals surface area contributed by atoms with Gasteiger partial charge in [0.1, 0.15) is 17.2 Å². The fourth-order valence-corrected chi connectivity index (χ4v) is 3.42. The topological polar surface area (TPSA) is 91.4 Å². The second-order valence-corrected chi connectivity index (χ2v) is 7.12. The van der Waals surface area contributed by atoms with Gasteiger partial charge in [0, 0.05) is 24.6 Å². The van der Waals surface area contributed by atoms with Gasteiger partial charge in [0.2, 0.25) is 11.7 Å². The monoisotopic (exact) mass is 427 g/mol. The highest BCUT2D eigenvalue weighted by Crippen LogP contribution is 2.36. The first-order chi connectivity index (χ1) is 14.9. The minimum absolute atomic E-state index is 0.00252. The first kappa shape index (κ1) is 22.1. The Morgan fingerprint density at radius 2 is 1.61 bits per heavy atom. The van der Waals surface area contributed by atoms with Gasteiger partial charge in [0.05, 0.1) is 32.9 Å².